The Labute approximate surface area is 123 Å². The van der Waals surface area contributed by atoms with E-state index in [1.54, 1.807) is 13.0 Å². The van der Waals surface area contributed by atoms with Gasteiger partial charge in [0.25, 0.3) is 0 Å². The maximum atomic E-state index is 11.7. The lowest BCUT2D eigenvalue weighted by Crippen LogP contribution is -2.35. The molecule has 1 N–H and O–H groups in total. The van der Waals surface area contributed by atoms with Crippen molar-refractivity contribution in [3.63, 3.8) is 0 Å². The fraction of sp³-hybridized carbons (Fsp3) is 0.467. The molecule has 0 saturated heterocycles. The molecule has 0 radical (unpaired) electrons. The molecule has 0 aliphatic carbocycles. The highest BCUT2D eigenvalue weighted by molar-refractivity contribution is 5.86. The third-order valence-electron chi connectivity index (χ3n) is 3.22. The first-order valence-corrected chi connectivity index (χ1v) is 6.81. The molecule has 0 aromatic heterocycles. The summed E-state index contributed by atoms with van der Waals surface area (Å²) >= 11 is 0. The Balaban J connectivity index is 2.26. The summed E-state index contributed by atoms with van der Waals surface area (Å²) in [5, 5.41) is 9.17. The van der Waals surface area contributed by atoms with Crippen LogP contribution in [0, 0.1) is 0 Å². The summed E-state index contributed by atoms with van der Waals surface area (Å²) < 4.78 is 10.6. The van der Waals surface area contributed by atoms with Gasteiger partial charge >= 0.3 is 12.2 Å². The predicted octanol–water partition coefficient (Wildman–Crippen LogP) is 3.04. The van der Waals surface area contributed by atoms with Crippen LogP contribution in [0.2, 0.25) is 0 Å². The number of hydrogen-bond acceptors (Lipinski definition) is 4. The molecule has 0 saturated carbocycles. The van der Waals surface area contributed by atoms with Crippen LogP contribution in [0.15, 0.2) is 18.2 Å². The van der Waals surface area contributed by atoms with Gasteiger partial charge in [0, 0.05) is 12.0 Å². The zero-order valence-corrected chi connectivity index (χ0v) is 12.4. The van der Waals surface area contributed by atoms with Crippen molar-refractivity contribution in [2.45, 2.75) is 39.3 Å². The summed E-state index contributed by atoms with van der Waals surface area (Å²) in [7, 11) is 0. The quantitative estimate of drug-likeness (QED) is 0.927. The molecule has 2 rings (SSSR count). The number of imide groups is 1. The van der Waals surface area contributed by atoms with Crippen LogP contribution < -0.4 is 4.74 Å². The van der Waals surface area contributed by atoms with Gasteiger partial charge in [0.15, 0.2) is 0 Å². The lowest BCUT2D eigenvalue weighted by molar-refractivity contribution is 0.0945. The number of nitrogens with zero attached hydrogens (tertiary/aromatic N) is 1. The number of amides is 2. The Morgan fingerprint density at radius 1 is 1.43 bits per heavy atom. The van der Waals surface area contributed by atoms with Crippen LogP contribution >= 0.6 is 0 Å². The summed E-state index contributed by atoms with van der Waals surface area (Å²) in [5.74, 6) is 0.665. The van der Waals surface area contributed by atoms with Crippen LogP contribution in [0.1, 0.15) is 31.9 Å². The zero-order chi connectivity index (χ0) is 15.6. The normalized spacial score (nSPS) is 15.0. The third kappa shape index (κ3) is 3.26. The van der Waals surface area contributed by atoms with Gasteiger partial charge < -0.3 is 14.6 Å². The summed E-state index contributed by atoms with van der Waals surface area (Å²) in [6, 6.07) is 5.54. The van der Waals surface area contributed by atoms with Gasteiger partial charge in [-0.25, -0.2) is 14.5 Å². The number of rotatable bonds is 3. The van der Waals surface area contributed by atoms with E-state index in [9.17, 15) is 9.59 Å². The van der Waals surface area contributed by atoms with E-state index >= 15 is 0 Å². The van der Waals surface area contributed by atoms with Crippen molar-refractivity contribution in [1.29, 1.82) is 0 Å². The molecule has 0 fully saturated rings. The maximum Gasteiger partial charge on any atom is 0.419 e. The lowest BCUT2D eigenvalue weighted by Gasteiger charge is -2.20. The minimum Gasteiger partial charge on any atom is -0.487 e. The van der Waals surface area contributed by atoms with Crippen LogP contribution in [-0.2, 0) is 17.7 Å². The van der Waals surface area contributed by atoms with E-state index in [2.05, 4.69) is 0 Å². The SMILES string of the molecule is CCOC(=O)N(Cc1cccc2c1OC(C)(C)C2)C(=O)O. The highest BCUT2D eigenvalue weighted by atomic mass is 16.6. The van der Waals surface area contributed by atoms with E-state index in [1.807, 2.05) is 26.0 Å². The van der Waals surface area contributed by atoms with Gasteiger partial charge in [-0.3, -0.25) is 0 Å². The number of para-hydroxylation sites is 1. The van der Waals surface area contributed by atoms with E-state index in [4.69, 9.17) is 14.6 Å². The molecule has 1 aromatic carbocycles. The van der Waals surface area contributed by atoms with Gasteiger partial charge in [-0.2, -0.15) is 0 Å². The molecule has 6 heteroatoms. The lowest BCUT2D eigenvalue weighted by atomic mass is 10.0. The highest BCUT2D eigenvalue weighted by Crippen LogP contribution is 2.38. The Kier molecular flexibility index (Phi) is 4.06. The fourth-order valence-electron chi connectivity index (χ4n) is 2.39. The Bertz CT molecular complexity index is 567. The molecule has 0 spiro atoms. The first kappa shape index (κ1) is 15.2. The first-order chi connectivity index (χ1) is 9.84. The average Bonchev–Trinajstić information content (AvgIpc) is 2.70. The molecule has 0 atom stereocenters. The number of ether oxygens (including phenoxy) is 2. The molecule has 1 aliphatic heterocycles. The molecule has 0 unspecified atom stereocenters. The van der Waals surface area contributed by atoms with Crippen molar-refractivity contribution in [2.24, 2.45) is 0 Å². The number of carbonyl (C=O) groups is 2. The first-order valence-electron chi connectivity index (χ1n) is 6.81. The minimum absolute atomic E-state index is 0.0899. The van der Waals surface area contributed by atoms with Crippen LogP contribution in [0.5, 0.6) is 5.75 Å². The smallest absolute Gasteiger partial charge is 0.419 e. The van der Waals surface area contributed by atoms with Gasteiger partial charge in [-0.05, 0) is 26.3 Å². The molecule has 1 heterocycles. The number of hydrogen-bond donors (Lipinski definition) is 1. The Morgan fingerprint density at radius 2 is 2.14 bits per heavy atom. The molecule has 6 nitrogen and oxygen atoms in total. The largest absolute Gasteiger partial charge is 0.487 e. The van der Waals surface area contributed by atoms with E-state index in [0.717, 1.165) is 12.0 Å². The van der Waals surface area contributed by atoms with E-state index in [-0.39, 0.29) is 18.8 Å². The number of carbonyl (C=O) groups excluding carboxylic acids is 1. The van der Waals surface area contributed by atoms with Crippen molar-refractivity contribution in [3.8, 4) is 5.75 Å². The average molecular weight is 293 g/mol. The van der Waals surface area contributed by atoms with Gasteiger partial charge in [0.2, 0.25) is 0 Å². The number of benzene rings is 1. The second kappa shape index (κ2) is 5.63. The molecule has 21 heavy (non-hydrogen) atoms. The second-order valence-corrected chi connectivity index (χ2v) is 5.51. The van der Waals surface area contributed by atoms with E-state index in [1.165, 1.54) is 0 Å². The molecule has 2 amide bonds. The molecule has 1 aliphatic rings. The van der Waals surface area contributed by atoms with Gasteiger partial charge in [-0.15, -0.1) is 0 Å². The third-order valence-corrected chi connectivity index (χ3v) is 3.22. The van der Waals surface area contributed by atoms with Crippen LogP contribution in [0.4, 0.5) is 9.59 Å². The van der Waals surface area contributed by atoms with Crippen molar-refractivity contribution in [1.82, 2.24) is 4.90 Å². The summed E-state index contributed by atoms with van der Waals surface area (Å²) in [6.07, 6.45) is -1.47. The standard InChI is InChI=1S/C15H19NO5/c1-4-20-14(19)16(13(17)18)9-11-7-5-6-10-8-15(2,3)21-12(10)11/h5-7H,4,8-9H2,1-3H3,(H,17,18). The summed E-state index contributed by atoms with van der Waals surface area (Å²) in [5.41, 5.74) is 1.36. The fourth-order valence-corrected chi connectivity index (χ4v) is 2.39. The molecule has 114 valence electrons. The molecule has 1 aromatic rings. The number of carboxylic acid groups (broad SMARTS) is 1. The van der Waals surface area contributed by atoms with E-state index in [0.29, 0.717) is 16.2 Å². The second-order valence-electron chi connectivity index (χ2n) is 5.51. The predicted molar refractivity (Wildman–Crippen MR) is 75.4 cm³/mol. The van der Waals surface area contributed by atoms with Crippen molar-refractivity contribution in [2.75, 3.05) is 6.61 Å². The topological polar surface area (TPSA) is 76.1 Å². The summed E-state index contributed by atoms with van der Waals surface area (Å²) in [4.78, 5) is 23.6. The Hall–Kier alpha value is -2.24. The molecular weight excluding hydrogens is 274 g/mol. The van der Waals surface area contributed by atoms with Crippen LogP contribution in [-0.4, -0.2) is 34.4 Å². The van der Waals surface area contributed by atoms with Crippen molar-refractivity contribution >= 4 is 12.2 Å². The van der Waals surface area contributed by atoms with Gasteiger partial charge in [-0.1, -0.05) is 18.2 Å². The Morgan fingerprint density at radius 3 is 2.76 bits per heavy atom. The van der Waals surface area contributed by atoms with E-state index < -0.39 is 12.2 Å². The van der Waals surface area contributed by atoms with Gasteiger partial charge in [0.05, 0.1) is 13.2 Å². The maximum absolute atomic E-state index is 11.7. The van der Waals surface area contributed by atoms with Crippen molar-refractivity contribution < 1.29 is 24.2 Å². The highest BCUT2D eigenvalue weighted by Gasteiger charge is 2.33. The molecule has 0 bridgehead atoms. The minimum atomic E-state index is -1.34. The van der Waals surface area contributed by atoms with Gasteiger partial charge in [0.1, 0.15) is 11.4 Å². The monoisotopic (exact) mass is 293 g/mol. The van der Waals surface area contributed by atoms with Crippen LogP contribution in [0.3, 0.4) is 0 Å². The summed E-state index contributed by atoms with van der Waals surface area (Å²) in [6.45, 7) is 5.60. The molecular formula is C15H19NO5. The zero-order valence-electron chi connectivity index (χ0n) is 12.4. The van der Waals surface area contributed by atoms with Crippen molar-refractivity contribution in [3.05, 3.63) is 29.3 Å². The van der Waals surface area contributed by atoms with Crippen LogP contribution in [0.25, 0.3) is 0 Å². The number of fused-ring (bicyclic) bond motifs is 1.